The number of aromatic nitrogens is 2. The second kappa shape index (κ2) is 4.80. The fraction of sp³-hybridized carbons (Fsp3) is 0.0833. The average Bonchev–Trinajstić information content (AvgIpc) is 2.80. The highest BCUT2D eigenvalue weighted by Gasteiger charge is 2.14. The van der Waals surface area contributed by atoms with Gasteiger partial charge in [0, 0.05) is 4.90 Å². The van der Waals surface area contributed by atoms with Crippen molar-refractivity contribution in [2.24, 2.45) is 0 Å². The third-order valence-corrected chi connectivity index (χ3v) is 4.56. The monoisotopic (exact) mass is 308 g/mol. The summed E-state index contributed by atoms with van der Waals surface area (Å²) < 4.78 is 6.90. The Hall–Kier alpha value is -2.06. The van der Waals surface area contributed by atoms with Gasteiger partial charge in [-0.2, -0.15) is 4.98 Å². The molecule has 0 amide bonds. The van der Waals surface area contributed by atoms with Crippen LogP contribution in [0.3, 0.4) is 0 Å². The molecule has 0 atom stereocenters. The molecule has 2 aromatic heterocycles. The minimum absolute atomic E-state index is 0.0593. The van der Waals surface area contributed by atoms with Crippen molar-refractivity contribution in [3.8, 4) is 5.75 Å². The van der Waals surface area contributed by atoms with Gasteiger partial charge in [-0.25, -0.2) is 14.0 Å². The van der Waals surface area contributed by atoms with Gasteiger partial charge in [0.1, 0.15) is 4.83 Å². The molecule has 0 aliphatic rings. The van der Waals surface area contributed by atoms with Gasteiger partial charge in [-0.15, -0.1) is 23.1 Å². The Labute approximate surface area is 120 Å². The number of fused-ring (bicyclic) bond motifs is 3. The number of ether oxygens (including phenoxy) is 1. The summed E-state index contributed by atoms with van der Waals surface area (Å²) in [5.74, 6) is 0.0593. The fourth-order valence-electron chi connectivity index (χ4n) is 1.89. The Morgan fingerprint density at radius 1 is 1.50 bits per heavy atom. The number of carboxylic acid groups (broad SMARTS) is 1. The van der Waals surface area contributed by atoms with Crippen molar-refractivity contribution >= 4 is 44.3 Å². The van der Waals surface area contributed by atoms with Crippen molar-refractivity contribution in [3.05, 3.63) is 34.9 Å². The molecular formula is C12H8N2O4S2. The third kappa shape index (κ3) is 2.02. The molecular weight excluding hydrogens is 300 g/mol. The molecule has 0 bridgehead atoms. The summed E-state index contributed by atoms with van der Waals surface area (Å²) in [6.07, 6.45) is 1.66. The highest BCUT2D eigenvalue weighted by molar-refractivity contribution is 7.98. The zero-order valence-corrected chi connectivity index (χ0v) is 11.8. The topological polar surface area (TPSA) is 80.9 Å². The van der Waals surface area contributed by atoms with Crippen LogP contribution in [-0.2, 0) is 0 Å². The van der Waals surface area contributed by atoms with Crippen LogP contribution < -0.4 is 10.4 Å². The zero-order chi connectivity index (χ0) is 14.3. The lowest BCUT2D eigenvalue weighted by molar-refractivity contribution is 0.145. The van der Waals surface area contributed by atoms with Gasteiger partial charge in [-0.05, 0) is 24.5 Å². The maximum absolute atomic E-state index is 11.9. The van der Waals surface area contributed by atoms with Crippen LogP contribution in [0.15, 0.2) is 34.1 Å². The molecule has 0 fully saturated rings. The summed E-state index contributed by atoms with van der Waals surface area (Å²) in [6.45, 7) is 0. The summed E-state index contributed by atoms with van der Waals surface area (Å²) in [7, 11) is 0. The summed E-state index contributed by atoms with van der Waals surface area (Å²) in [5.41, 5.74) is 0.233. The number of rotatable bonds is 2. The van der Waals surface area contributed by atoms with Crippen molar-refractivity contribution in [1.82, 2.24) is 9.38 Å². The lowest BCUT2D eigenvalue weighted by Gasteiger charge is -2.00. The molecule has 8 heteroatoms. The van der Waals surface area contributed by atoms with E-state index in [-0.39, 0.29) is 5.75 Å². The van der Waals surface area contributed by atoms with Crippen LogP contribution in [0, 0.1) is 0 Å². The Kier molecular flexibility index (Phi) is 3.11. The van der Waals surface area contributed by atoms with E-state index in [0.29, 0.717) is 10.3 Å². The van der Waals surface area contributed by atoms with Gasteiger partial charge < -0.3 is 9.84 Å². The normalized spacial score (nSPS) is 11.1. The van der Waals surface area contributed by atoms with Crippen LogP contribution in [-0.4, -0.2) is 26.9 Å². The number of benzene rings is 1. The van der Waals surface area contributed by atoms with Crippen LogP contribution in [0.4, 0.5) is 4.79 Å². The van der Waals surface area contributed by atoms with Crippen molar-refractivity contribution in [2.75, 3.05) is 6.26 Å². The van der Waals surface area contributed by atoms with Gasteiger partial charge in [0.05, 0.1) is 16.4 Å². The van der Waals surface area contributed by atoms with Crippen LogP contribution in [0.2, 0.25) is 0 Å². The highest BCUT2D eigenvalue weighted by atomic mass is 32.2. The predicted molar refractivity (Wildman–Crippen MR) is 77.3 cm³/mol. The number of hydrogen-bond acceptors (Lipinski definition) is 6. The lowest BCUT2D eigenvalue weighted by Crippen LogP contribution is -2.16. The summed E-state index contributed by atoms with van der Waals surface area (Å²) in [4.78, 5) is 27.7. The Morgan fingerprint density at radius 3 is 3.00 bits per heavy atom. The van der Waals surface area contributed by atoms with Gasteiger partial charge >= 0.3 is 11.8 Å². The molecule has 3 aromatic rings. The van der Waals surface area contributed by atoms with E-state index in [2.05, 4.69) is 9.72 Å². The first-order valence-electron chi connectivity index (χ1n) is 5.49. The standard InChI is InChI=1S/C12H8N2O4S2/c1-19-6-2-3-7-9(4-6)20-10-8(18-12(16)17)5-13-11(15)14(7)10/h2-5H,1H3,(H,16,17). The molecule has 0 aliphatic carbocycles. The number of nitrogens with zero attached hydrogens (tertiary/aromatic N) is 2. The minimum atomic E-state index is -1.44. The van der Waals surface area contributed by atoms with Crippen molar-refractivity contribution in [3.63, 3.8) is 0 Å². The van der Waals surface area contributed by atoms with E-state index in [4.69, 9.17) is 5.11 Å². The number of carbonyl (C=O) groups is 1. The van der Waals surface area contributed by atoms with Gasteiger partial charge in [-0.1, -0.05) is 0 Å². The SMILES string of the molecule is CSc1ccc2c(c1)sc1c(OC(=O)O)cnc(=O)n12. The quantitative estimate of drug-likeness (QED) is 0.579. The Bertz CT molecular complexity index is 884. The Morgan fingerprint density at radius 2 is 2.30 bits per heavy atom. The summed E-state index contributed by atoms with van der Waals surface area (Å²) >= 11 is 2.89. The second-order valence-electron chi connectivity index (χ2n) is 3.85. The van der Waals surface area contributed by atoms with Gasteiger partial charge in [0.15, 0.2) is 5.75 Å². The number of thiazole rings is 1. The largest absolute Gasteiger partial charge is 0.511 e. The van der Waals surface area contributed by atoms with E-state index in [0.717, 1.165) is 15.8 Å². The van der Waals surface area contributed by atoms with Crippen LogP contribution in [0.25, 0.3) is 15.0 Å². The maximum atomic E-state index is 11.9. The molecule has 0 saturated carbocycles. The van der Waals surface area contributed by atoms with Crippen molar-refractivity contribution in [1.29, 1.82) is 0 Å². The van der Waals surface area contributed by atoms with Crippen molar-refractivity contribution < 1.29 is 14.6 Å². The second-order valence-corrected chi connectivity index (χ2v) is 5.76. The molecule has 0 saturated heterocycles. The van der Waals surface area contributed by atoms with Crippen LogP contribution in [0.5, 0.6) is 5.75 Å². The fourth-order valence-corrected chi connectivity index (χ4v) is 3.52. The Balaban J connectivity index is 2.38. The first-order chi connectivity index (χ1) is 9.60. The molecule has 0 unspecified atom stereocenters. The van der Waals surface area contributed by atoms with Gasteiger partial charge in [0.25, 0.3) is 0 Å². The van der Waals surface area contributed by atoms with Crippen LogP contribution >= 0.6 is 23.1 Å². The van der Waals surface area contributed by atoms with E-state index in [1.54, 1.807) is 11.8 Å². The van der Waals surface area contributed by atoms with E-state index in [1.165, 1.54) is 15.7 Å². The molecule has 0 spiro atoms. The number of hydrogen-bond donors (Lipinski definition) is 1. The van der Waals surface area contributed by atoms with E-state index in [9.17, 15) is 9.59 Å². The van der Waals surface area contributed by atoms with Crippen molar-refractivity contribution in [2.45, 2.75) is 4.90 Å². The first kappa shape index (κ1) is 12.9. The summed E-state index contributed by atoms with van der Waals surface area (Å²) in [5, 5.41) is 8.72. The number of thioether (sulfide) groups is 1. The average molecular weight is 308 g/mol. The van der Waals surface area contributed by atoms with E-state index >= 15 is 0 Å². The first-order valence-corrected chi connectivity index (χ1v) is 7.53. The molecule has 20 heavy (non-hydrogen) atoms. The molecule has 3 rings (SSSR count). The molecule has 1 N–H and O–H groups in total. The zero-order valence-electron chi connectivity index (χ0n) is 10.2. The molecule has 1 aromatic carbocycles. The summed E-state index contributed by atoms with van der Waals surface area (Å²) in [6, 6.07) is 5.66. The molecule has 6 nitrogen and oxygen atoms in total. The lowest BCUT2D eigenvalue weighted by atomic mass is 10.3. The molecule has 0 radical (unpaired) electrons. The smallest absolute Gasteiger partial charge is 0.449 e. The molecule has 0 aliphatic heterocycles. The predicted octanol–water partition coefficient (Wildman–Crippen LogP) is 2.69. The van der Waals surface area contributed by atoms with Crippen LogP contribution in [0.1, 0.15) is 0 Å². The van der Waals surface area contributed by atoms with E-state index < -0.39 is 11.8 Å². The third-order valence-electron chi connectivity index (χ3n) is 2.71. The van der Waals surface area contributed by atoms with Gasteiger partial charge in [-0.3, -0.25) is 0 Å². The van der Waals surface area contributed by atoms with Gasteiger partial charge in [0.2, 0.25) is 0 Å². The van der Waals surface area contributed by atoms with E-state index in [1.807, 2.05) is 24.5 Å². The highest BCUT2D eigenvalue weighted by Crippen LogP contribution is 2.32. The molecule has 102 valence electrons. The minimum Gasteiger partial charge on any atom is -0.449 e. The maximum Gasteiger partial charge on any atom is 0.511 e. The molecule has 2 heterocycles.